The van der Waals surface area contributed by atoms with E-state index in [2.05, 4.69) is 4.99 Å². The monoisotopic (exact) mass is 493 g/mol. The number of nitrogens with two attached hydrogens (primary N) is 2. The number of esters is 3. The Morgan fingerprint density at radius 2 is 1.56 bits per heavy atom. The SMILES string of the molecule is COCCOC(=O)OCC(C)(COC(=O)[C@@H](C)OC(=O)[C@@H](C)O)C(=O)OCCCCN=C(N)N. The Hall–Kier alpha value is -3.13. The average molecular weight is 494 g/mol. The summed E-state index contributed by atoms with van der Waals surface area (Å²) in [5, 5.41) is 9.17. The molecule has 5 N–H and O–H groups in total. The zero-order valence-corrected chi connectivity index (χ0v) is 19.9. The van der Waals surface area contributed by atoms with Crippen LogP contribution < -0.4 is 11.5 Å². The lowest BCUT2D eigenvalue weighted by Crippen LogP contribution is -2.42. The molecule has 0 radical (unpaired) electrons. The van der Waals surface area contributed by atoms with E-state index in [1.54, 1.807) is 0 Å². The third kappa shape index (κ3) is 13.4. The third-order valence-corrected chi connectivity index (χ3v) is 4.09. The first-order chi connectivity index (χ1) is 15.9. The van der Waals surface area contributed by atoms with Gasteiger partial charge >= 0.3 is 24.1 Å². The maximum Gasteiger partial charge on any atom is 0.508 e. The molecule has 0 rings (SSSR count). The second-order valence-corrected chi connectivity index (χ2v) is 7.45. The van der Waals surface area contributed by atoms with E-state index < -0.39 is 54.9 Å². The van der Waals surface area contributed by atoms with Crippen LogP contribution in [0.1, 0.15) is 33.6 Å². The maximum absolute atomic E-state index is 12.7. The molecule has 0 aliphatic carbocycles. The molecule has 0 aromatic heterocycles. The van der Waals surface area contributed by atoms with Crippen LogP contribution in [0, 0.1) is 5.41 Å². The van der Waals surface area contributed by atoms with E-state index in [0.29, 0.717) is 19.4 Å². The lowest BCUT2D eigenvalue weighted by Gasteiger charge is -2.27. The number of guanidine groups is 1. The fourth-order valence-corrected chi connectivity index (χ4v) is 2.06. The fraction of sp³-hybridized carbons (Fsp3) is 0.750. The predicted molar refractivity (Wildman–Crippen MR) is 116 cm³/mol. The Morgan fingerprint density at radius 1 is 0.912 bits per heavy atom. The van der Waals surface area contributed by atoms with Gasteiger partial charge in [0, 0.05) is 13.7 Å². The van der Waals surface area contributed by atoms with E-state index >= 15 is 0 Å². The van der Waals surface area contributed by atoms with Crippen LogP contribution in [0.4, 0.5) is 4.79 Å². The Labute approximate surface area is 197 Å². The van der Waals surface area contributed by atoms with E-state index in [1.165, 1.54) is 27.9 Å². The number of aliphatic hydroxyl groups excluding tert-OH is 1. The largest absolute Gasteiger partial charge is 0.508 e. The molecular weight excluding hydrogens is 458 g/mol. The number of nitrogens with zero attached hydrogens (tertiary/aromatic N) is 1. The fourth-order valence-electron chi connectivity index (χ4n) is 2.06. The number of carbonyl (C=O) groups excluding carboxylic acids is 4. The molecule has 0 aliphatic rings. The van der Waals surface area contributed by atoms with Gasteiger partial charge < -0.3 is 45.0 Å². The van der Waals surface area contributed by atoms with Gasteiger partial charge in [-0.1, -0.05) is 0 Å². The van der Waals surface area contributed by atoms with Crippen LogP contribution in [-0.4, -0.2) is 94.0 Å². The number of aliphatic imine (C=N–C) groups is 1. The topological polar surface area (TPSA) is 208 Å². The summed E-state index contributed by atoms with van der Waals surface area (Å²) in [5.74, 6) is -2.85. The molecule has 34 heavy (non-hydrogen) atoms. The highest BCUT2D eigenvalue weighted by Gasteiger charge is 2.39. The van der Waals surface area contributed by atoms with Crippen molar-refractivity contribution in [3.63, 3.8) is 0 Å². The number of unbranched alkanes of at least 4 members (excludes halogenated alkanes) is 1. The molecule has 196 valence electrons. The van der Waals surface area contributed by atoms with Gasteiger partial charge in [-0.05, 0) is 33.6 Å². The number of methoxy groups -OCH3 is 1. The Morgan fingerprint density at radius 3 is 2.15 bits per heavy atom. The first kappa shape index (κ1) is 30.9. The minimum Gasteiger partial charge on any atom is -0.465 e. The summed E-state index contributed by atoms with van der Waals surface area (Å²) in [6.07, 6.45) is -2.84. The van der Waals surface area contributed by atoms with Gasteiger partial charge in [0.25, 0.3) is 0 Å². The van der Waals surface area contributed by atoms with E-state index in [9.17, 15) is 24.3 Å². The van der Waals surface area contributed by atoms with Crippen molar-refractivity contribution in [3.8, 4) is 0 Å². The molecule has 0 bridgehead atoms. The van der Waals surface area contributed by atoms with Crippen LogP contribution in [0.15, 0.2) is 4.99 Å². The minimum atomic E-state index is -1.59. The minimum absolute atomic E-state index is 0.0169. The maximum atomic E-state index is 12.7. The normalized spacial score (nSPS) is 14.0. The summed E-state index contributed by atoms with van der Waals surface area (Å²) in [7, 11) is 1.42. The highest BCUT2D eigenvalue weighted by molar-refractivity contribution is 5.81. The second-order valence-electron chi connectivity index (χ2n) is 7.45. The van der Waals surface area contributed by atoms with Crippen molar-refractivity contribution >= 4 is 30.0 Å². The molecule has 0 aliphatic heterocycles. The first-order valence-electron chi connectivity index (χ1n) is 10.5. The van der Waals surface area contributed by atoms with Crippen molar-refractivity contribution < 1.29 is 52.7 Å². The molecule has 14 heteroatoms. The second kappa shape index (κ2) is 16.5. The molecule has 0 amide bonds. The number of ether oxygens (including phenoxy) is 6. The smallest absolute Gasteiger partial charge is 0.465 e. The summed E-state index contributed by atoms with van der Waals surface area (Å²) < 4.78 is 29.5. The molecule has 0 spiro atoms. The van der Waals surface area contributed by atoms with Gasteiger partial charge in [-0.2, -0.15) is 0 Å². The molecule has 14 nitrogen and oxygen atoms in total. The Kier molecular flexibility index (Phi) is 15.0. The van der Waals surface area contributed by atoms with Crippen molar-refractivity contribution in [2.75, 3.05) is 46.7 Å². The average Bonchev–Trinajstić information content (AvgIpc) is 2.77. The molecule has 3 atom stereocenters. The number of aliphatic hydroxyl groups is 1. The third-order valence-electron chi connectivity index (χ3n) is 4.09. The van der Waals surface area contributed by atoms with E-state index in [-0.39, 0.29) is 25.8 Å². The molecule has 0 saturated carbocycles. The van der Waals surface area contributed by atoms with Crippen molar-refractivity contribution in [2.24, 2.45) is 21.9 Å². The van der Waals surface area contributed by atoms with Crippen molar-refractivity contribution in [3.05, 3.63) is 0 Å². The highest BCUT2D eigenvalue weighted by atomic mass is 16.7. The van der Waals surface area contributed by atoms with Gasteiger partial charge in [-0.25, -0.2) is 14.4 Å². The first-order valence-corrected chi connectivity index (χ1v) is 10.5. The molecule has 1 unspecified atom stereocenters. The van der Waals surface area contributed by atoms with Crippen molar-refractivity contribution in [1.29, 1.82) is 0 Å². The summed E-state index contributed by atoms with van der Waals surface area (Å²) in [5.41, 5.74) is 8.87. The lowest BCUT2D eigenvalue weighted by molar-refractivity contribution is -0.177. The van der Waals surface area contributed by atoms with Crippen LogP contribution in [0.25, 0.3) is 0 Å². The van der Waals surface area contributed by atoms with Crippen LogP contribution in [-0.2, 0) is 42.8 Å². The molecule has 0 fully saturated rings. The van der Waals surface area contributed by atoms with Crippen LogP contribution in [0.5, 0.6) is 0 Å². The van der Waals surface area contributed by atoms with Crippen LogP contribution in [0.3, 0.4) is 0 Å². The number of hydrogen-bond donors (Lipinski definition) is 3. The van der Waals surface area contributed by atoms with Gasteiger partial charge in [0.1, 0.15) is 31.3 Å². The highest BCUT2D eigenvalue weighted by Crippen LogP contribution is 2.21. The number of hydrogen-bond acceptors (Lipinski definition) is 12. The van der Waals surface area contributed by atoms with Crippen LogP contribution in [0.2, 0.25) is 0 Å². The molecular formula is C20H35N3O11. The summed E-state index contributed by atoms with van der Waals surface area (Å²) in [6, 6.07) is 0. The van der Waals surface area contributed by atoms with E-state index in [0.717, 1.165) is 0 Å². The van der Waals surface area contributed by atoms with Gasteiger partial charge in [0.05, 0.1) is 13.2 Å². The van der Waals surface area contributed by atoms with E-state index in [1.807, 2.05) is 0 Å². The summed E-state index contributed by atoms with van der Waals surface area (Å²) in [4.78, 5) is 51.8. The van der Waals surface area contributed by atoms with Gasteiger partial charge in [-0.3, -0.25) is 9.79 Å². The number of carbonyl (C=O) groups is 4. The summed E-state index contributed by atoms with van der Waals surface area (Å²) in [6.45, 7) is 3.14. The Balaban J connectivity index is 4.98. The van der Waals surface area contributed by atoms with Gasteiger partial charge in [-0.15, -0.1) is 0 Å². The Bertz CT molecular complexity index is 695. The molecule has 0 heterocycles. The molecule has 0 aromatic carbocycles. The zero-order chi connectivity index (χ0) is 26.1. The van der Waals surface area contributed by atoms with E-state index in [4.69, 9.17) is 39.9 Å². The zero-order valence-electron chi connectivity index (χ0n) is 19.9. The predicted octanol–water partition coefficient (Wildman–Crippen LogP) is -0.755. The number of rotatable bonds is 16. The van der Waals surface area contributed by atoms with Crippen molar-refractivity contribution in [2.45, 2.75) is 45.8 Å². The van der Waals surface area contributed by atoms with Gasteiger partial charge in [0.2, 0.25) is 0 Å². The molecule has 0 saturated heterocycles. The standard InChI is InChI=1S/C20H35N3O11/c1-13(24)15(25)34-14(2)16(26)32-11-20(3,12-33-19(28)31-10-9-29-4)17(27)30-8-6-5-7-23-18(21)22/h13-14,24H,5-12H2,1-4H3,(H4,21,22,23)/t13-,14-,20?/m1/s1. The lowest BCUT2D eigenvalue weighted by atomic mass is 9.93. The molecule has 0 aromatic rings. The van der Waals surface area contributed by atoms with Crippen LogP contribution >= 0.6 is 0 Å². The quantitative estimate of drug-likeness (QED) is 0.0795. The van der Waals surface area contributed by atoms with Crippen molar-refractivity contribution in [1.82, 2.24) is 0 Å². The van der Waals surface area contributed by atoms with Gasteiger partial charge in [0.15, 0.2) is 12.1 Å². The summed E-state index contributed by atoms with van der Waals surface area (Å²) >= 11 is 0.